The van der Waals surface area contributed by atoms with E-state index in [1.54, 1.807) is 4.90 Å². The van der Waals surface area contributed by atoms with Gasteiger partial charge in [0.1, 0.15) is 6.04 Å². The highest BCUT2D eigenvalue weighted by atomic mass is 16.5. The third-order valence-corrected chi connectivity index (χ3v) is 7.35. The van der Waals surface area contributed by atoms with E-state index in [0.717, 1.165) is 25.7 Å². The van der Waals surface area contributed by atoms with Crippen molar-refractivity contribution < 1.29 is 19.1 Å². The quantitative estimate of drug-likeness (QED) is 0.747. The molecular weight excluding hydrogens is 344 g/mol. The van der Waals surface area contributed by atoms with Crippen LogP contribution in [-0.2, 0) is 19.1 Å². The maximum atomic E-state index is 13.7. The Labute approximate surface area is 161 Å². The number of hydrogen-bond acceptors (Lipinski definition) is 4. The molecule has 4 aliphatic carbocycles. The van der Waals surface area contributed by atoms with Crippen molar-refractivity contribution in [2.45, 2.75) is 77.4 Å². The highest BCUT2D eigenvalue weighted by molar-refractivity contribution is 5.93. The summed E-state index contributed by atoms with van der Waals surface area (Å²) in [5.41, 5.74) is -0.286. The summed E-state index contributed by atoms with van der Waals surface area (Å²) in [7, 11) is 0. The molecule has 1 heterocycles. The molecule has 6 nitrogen and oxygen atoms in total. The molecule has 5 fully saturated rings. The number of piperazine rings is 1. The smallest absolute Gasteiger partial charge is 0.308 e. The van der Waals surface area contributed by atoms with Gasteiger partial charge < -0.3 is 15.0 Å². The molecule has 2 unspecified atom stereocenters. The Bertz CT molecular complexity index is 596. The summed E-state index contributed by atoms with van der Waals surface area (Å²) < 4.78 is 5.37. The number of carbonyl (C=O) groups excluding carboxylic acids is 3. The molecule has 0 spiro atoms. The van der Waals surface area contributed by atoms with Crippen LogP contribution < -0.4 is 5.32 Å². The van der Waals surface area contributed by atoms with Gasteiger partial charge in [-0.05, 0) is 69.6 Å². The molecule has 2 atom stereocenters. The molecule has 5 aliphatic rings. The van der Waals surface area contributed by atoms with E-state index in [9.17, 15) is 14.4 Å². The van der Waals surface area contributed by atoms with Gasteiger partial charge in [0.15, 0.2) is 0 Å². The molecule has 4 bridgehead atoms. The summed E-state index contributed by atoms with van der Waals surface area (Å²) >= 11 is 0. The number of hydrogen-bond donors (Lipinski definition) is 1. The van der Waals surface area contributed by atoms with Crippen LogP contribution in [0, 0.1) is 23.2 Å². The Morgan fingerprint density at radius 1 is 1.19 bits per heavy atom. The summed E-state index contributed by atoms with van der Waals surface area (Å²) in [6.07, 6.45) is 7.26. The third-order valence-electron chi connectivity index (χ3n) is 7.35. The first kappa shape index (κ1) is 18.8. The molecule has 5 rings (SSSR count). The van der Waals surface area contributed by atoms with E-state index in [2.05, 4.69) is 5.32 Å². The number of rotatable bonds is 5. The molecule has 1 aliphatic heterocycles. The minimum Gasteiger partial charge on any atom is -0.463 e. The van der Waals surface area contributed by atoms with Gasteiger partial charge in [0.25, 0.3) is 0 Å². The largest absolute Gasteiger partial charge is 0.463 e. The molecule has 2 amide bonds. The van der Waals surface area contributed by atoms with Crippen molar-refractivity contribution in [2.75, 3.05) is 13.1 Å². The van der Waals surface area contributed by atoms with Gasteiger partial charge in [0.2, 0.25) is 11.8 Å². The van der Waals surface area contributed by atoms with Crippen molar-refractivity contribution in [3.05, 3.63) is 0 Å². The summed E-state index contributed by atoms with van der Waals surface area (Å²) in [5.74, 6) is 1.53. The highest BCUT2D eigenvalue weighted by Crippen LogP contribution is 2.60. The lowest BCUT2D eigenvalue weighted by Crippen LogP contribution is -2.63. The first-order valence-electron chi connectivity index (χ1n) is 10.7. The van der Waals surface area contributed by atoms with Crippen LogP contribution in [0.1, 0.15) is 65.2 Å². The number of nitrogens with zero attached hydrogens (tertiary/aromatic N) is 1. The second-order valence-corrected chi connectivity index (χ2v) is 9.42. The number of ether oxygens (including phenoxy) is 1. The SMILES string of the molecule is CCC(C)OC(=O)CC1C(=O)NCCN1C(=O)C12CC3CC(CC(C3)C1)C2. The predicted molar refractivity (Wildman–Crippen MR) is 99.6 cm³/mol. The zero-order chi connectivity index (χ0) is 19.2. The van der Waals surface area contributed by atoms with Gasteiger partial charge in [-0.25, -0.2) is 0 Å². The van der Waals surface area contributed by atoms with E-state index < -0.39 is 12.0 Å². The van der Waals surface area contributed by atoms with Crippen LogP contribution in [0.3, 0.4) is 0 Å². The summed E-state index contributed by atoms with van der Waals surface area (Å²) in [6.45, 7) is 4.76. The first-order valence-corrected chi connectivity index (χ1v) is 10.7. The standard InChI is InChI=1S/C21H32N2O4/c1-3-13(2)27-18(24)9-17-19(25)22-4-5-23(17)20(26)21-10-14-6-15(11-21)8-16(7-14)12-21/h13-17H,3-12H2,1-2H3,(H,22,25). The van der Waals surface area contributed by atoms with Gasteiger partial charge in [0.05, 0.1) is 17.9 Å². The number of esters is 1. The Hall–Kier alpha value is -1.59. The monoisotopic (exact) mass is 376 g/mol. The Kier molecular flexibility index (Phi) is 4.93. The third kappa shape index (κ3) is 3.47. The van der Waals surface area contributed by atoms with E-state index in [1.165, 1.54) is 19.3 Å². The fraction of sp³-hybridized carbons (Fsp3) is 0.857. The Balaban J connectivity index is 1.51. The van der Waals surface area contributed by atoms with Gasteiger partial charge in [-0.1, -0.05) is 6.92 Å². The van der Waals surface area contributed by atoms with Crippen molar-refractivity contribution in [3.8, 4) is 0 Å². The van der Waals surface area contributed by atoms with Crippen LogP contribution in [0.25, 0.3) is 0 Å². The maximum absolute atomic E-state index is 13.7. The summed E-state index contributed by atoms with van der Waals surface area (Å²) in [6, 6.07) is -0.726. The second kappa shape index (κ2) is 7.10. The number of amides is 2. The molecular formula is C21H32N2O4. The van der Waals surface area contributed by atoms with Crippen LogP contribution >= 0.6 is 0 Å². The van der Waals surface area contributed by atoms with Crippen molar-refractivity contribution in [2.24, 2.45) is 23.2 Å². The topological polar surface area (TPSA) is 75.7 Å². The van der Waals surface area contributed by atoms with Crippen LogP contribution in [0.2, 0.25) is 0 Å². The van der Waals surface area contributed by atoms with Crippen LogP contribution in [0.15, 0.2) is 0 Å². The average Bonchev–Trinajstić information content (AvgIpc) is 2.61. The lowest BCUT2D eigenvalue weighted by atomic mass is 9.49. The first-order chi connectivity index (χ1) is 12.9. The van der Waals surface area contributed by atoms with E-state index in [4.69, 9.17) is 4.74 Å². The zero-order valence-electron chi connectivity index (χ0n) is 16.5. The van der Waals surface area contributed by atoms with Crippen molar-refractivity contribution in [1.82, 2.24) is 10.2 Å². The molecule has 1 saturated heterocycles. The fourth-order valence-electron chi connectivity index (χ4n) is 6.35. The van der Waals surface area contributed by atoms with E-state index in [1.807, 2.05) is 13.8 Å². The van der Waals surface area contributed by atoms with Crippen molar-refractivity contribution in [1.29, 1.82) is 0 Å². The minimum atomic E-state index is -0.726. The zero-order valence-corrected chi connectivity index (χ0v) is 16.5. The minimum absolute atomic E-state index is 0.0473. The maximum Gasteiger partial charge on any atom is 0.308 e. The van der Waals surface area contributed by atoms with Gasteiger partial charge >= 0.3 is 5.97 Å². The summed E-state index contributed by atoms with van der Waals surface area (Å²) in [5, 5.41) is 2.82. The molecule has 4 saturated carbocycles. The molecule has 0 aromatic carbocycles. The molecule has 6 heteroatoms. The van der Waals surface area contributed by atoms with Gasteiger partial charge in [-0.15, -0.1) is 0 Å². The molecule has 150 valence electrons. The van der Waals surface area contributed by atoms with Crippen molar-refractivity contribution >= 4 is 17.8 Å². The van der Waals surface area contributed by atoms with Crippen molar-refractivity contribution in [3.63, 3.8) is 0 Å². The van der Waals surface area contributed by atoms with Gasteiger partial charge in [-0.3, -0.25) is 14.4 Å². The Morgan fingerprint density at radius 3 is 2.33 bits per heavy atom. The lowest BCUT2D eigenvalue weighted by Gasteiger charge is -2.57. The predicted octanol–water partition coefficient (Wildman–Crippen LogP) is 2.26. The van der Waals surface area contributed by atoms with Crippen LogP contribution in [0.4, 0.5) is 0 Å². The number of carbonyl (C=O) groups is 3. The molecule has 0 aromatic rings. The van der Waals surface area contributed by atoms with E-state index >= 15 is 0 Å². The fourth-order valence-corrected chi connectivity index (χ4v) is 6.35. The molecule has 0 aromatic heterocycles. The normalized spacial score (nSPS) is 38.4. The van der Waals surface area contributed by atoms with Gasteiger partial charge in [0, 0.05) is 13.1 Å². The second-order valence-electron chi connectivity index (χ2n) is 9.42. The number of nitrogens with one attached hydrogen (secondary N) is 1. The average molecular weight is 376 g/mol. The van der Waals surface area contributed by atoms with Crippen LogP contribution in [-0.4, -0.2) is 47.9 Å². The van der Waals surface area contributed by atoms with Gasteiger partial charge in [-0.2, -0.15) is 0 Å². The molecule has 0 radical (unpaired) electrons. The highest BCUT2D eigenvalue weighted by Gasteiger charge is 2.56. The molecule has 1 N–H and O–H groups in total. The Morgan fingerprint density at radius 2 is 1.78 bits per heavy atom. The van der Waals surface area contributed by atoms with Crippen LogP contribution in [0.5, 0.6) is 0 Å². The molecule has 27 heavy (non-hydrogen) atoms. The lowest BCUT2D eigenvalue weighted by molar-refractivity contribution is -0.166. The summed E-state index contributed by atoms with van der Waals surface area (Å²) in [4.78, 5) is 40.2. The van der Waals surface area contributed by atoms with E-state index in [-0.39, 0.29) is 29.8 Å². The van der Waals surface area contributed by atoms with E-state index in [0.29, 0.717) is 30.8 Å².